The summed E-state index contributed by atoms with van der Waals surface area (Å²) in [6, 6.07) is 61.7. The first-order valence-corrected chi connectivity index (χ1v) is 17.8. The van der Waals surface area contributed by atoms with E-state index >= 15 is 0 Å². The van der Waals surface area contributed by atoms with Gasteiger partial charge in [-0.05, 0) is 79.0 Å². The molecule has 0 unspecified atom stereocenters. The lowest BCUT2D eigenvalue weighted by atomic mass is 9.93. The molecular weight excluding hydrogens is 647 g/mol. The fourth-order valence-corrected chi connectivity index (χ4v) is 7.85. The predicted octanol–water partition coefficient (Wildman–Crippen LogP) is 13.1. The van der Waals surface area contributed by atoms with E-state index in [4.69, 9.17) is 19.4 Å². The number of rotatable bonds is 4. The van der Waals surface area contributed by atoms with Crippen molar-refractivity contribution in [3.63, 3.8) is 0 Å². The van der Waals surface area contributed by atoms with Crippen LogP contribution in [0.4, 0.5) is 0 Å². The number of nitrogens with zero attached hydrogens (tertiary/aromatic N) is 3. The van der Waals surface area contributed by atoms with Crippen LogP contribution < -0.4 is 0 Å². The molecule has 4 heteroatoms. The summed E-state index contributed by atoms with van der Waals surface area (Å²) >= 11 is 0. The Morgan fingerprint density at radius 3 is 1.43 bits per heavy atom. The molecule has 0 spiro atoms. The largest absolute Gasteiger partial charge is 0.455 e. The van der Waals surface area contributed by atoms with E-state index in [1.807, 2.05) is 12.1 Å². The number of furan rings is 1. The minimum absolute atomic E-state index is 0.597. The summed E-state index contributed by atoms with van der Waals surface area (Å²) in [5.74, 6) is 1.84. The van der Waals surface area contributed by atoms with Gasteiger partial charge >= 0.3 is 0 Å². The molecule has 0 bridgehead atoms. The SMILES string of the molecule is c1ccc2cc(-c3nc(-c4ccc5ccccc5c4)nc(-c4cccc5oc6c(-c7ccc8ccccc8c7)c7ccccc7cc6c45)n3)ccc2c1. The van der Waals surface area contributed by atoms with Gasteiger partial charge in [0.25, 0.3) is 0 Å². The molecule has 0 amide bonds. The van der Waals surface area contributed by atoms with Crippen LogP contribution in [-0.2, 0) is 0 Å². The number of hydrogen-bond acceptors (Lipinski definition) is 4. The Labute approximate surface area is 304 Å². The van der Waals surface area contributed by atoms with Gasteiger partial charge in [-0.25, -0.2) is 15.0 Å². The molecule has 246 valence electrons. The number of hydrogen-bond donors (Lipinski definition) is 0. The van der Waals surface area contributed by atoms with Gasteiger partial charge in [0.2, 0.25) is 0 Å². The van der Waals surface area contributed by atoms with Gasteiger partial charge < -0.3 is 4.42 Å². The van der Waals surface area contributed by atoms with E-state index in [0.29, 0.717) is 17.5 Å². The van der Waals surface area contributed by atoms with Crippen LogP contribution in [-0.4, -0.2) is 15.0 Å². The summed E-state index contributed by atoms with van der Waals surface area (Å²) in [6.45, 7) is 0. The molecule has 2 aromatic heterocycles. The van der Waals surface area contributed by atoms with Crippen LogP contribution in [0.5, 0.6) is 0 Å². The van der Waals surface area contributed by atoms with Crippen molar-refractivity contribution in [3.05, 3.63) is 176 Å². The van der Waals surface area contributed by atoms with Crippen molar-refractivity contribution >= 4 is 65.0 Å². The molecule has 53 heavy (non-hydrogen) atoms. The lowest BCUT2D eigenvalue weighted by Gasteiger charge is -2.11. The fraction of sp³-hybridized carbons (Fsp3) is 0. The van der Waals surface area contributed by atoms with E-state index < -0.39 is 0 Å². The Kier molecular flexibility index (Phi) is 6.52. The summed E-state index contributed by atoms with van der Waals surface area (Å²) in [5.41, 5.74) is 6.59. The quantitative estimate of drug-likeness (QED) is 0.186. The summed E-state index contributed by atoms with van der Waals surface area (Å²) in [7, 11) is 0. The third-order valence-electron chi connectivity index (χ3n) is 10.4. The van der Waals surface area contributed by atoms with Crippen LogP contribution in [0.1, 0.15) is 0 Å². The minimum Gasteiger partial charge on any atom is -0.455 e. The van der Waals surface area contributed by atoms with Crippen molar-refractivity contribution in [3.8, 4) is 45.3 Å². The van der Waals surface area contributed by atoms with E-state index in [2.05, 4.69) is 164 Å². The zero-order valence-electron chi connectivity index (χ0n) is 28.5. The molecule has 2 heterocycles. The lowest BCUT2D eigenvalue weighted by molar-refractivity contribution is 0.670. The van der Waals surface area contributed by atoms with Gasteiger partial charge in [0.05, 0.1) is 0 Å². The molecular formula is C49H29N3O. The maximum Gasteiger partial charge on any atom is 0.164 e. The monoisotopic (exact) mass is 675 g/mol. The van der Waals surface area contributed by atoms with Gasteiger partial charge in [0.15, 0.2) is 17.5 Å². The predicted molar refractivity (Wildman–Crippen MR) is 219 cm³/mol. The Morgan fingerprint density at radius 2 is 0.830 bits per heavy atom. The molecule has 0 fully saturated rings. The van der Waals surface area contributed by atoms with Crippen molar-refractivity contribution in [2.45, 2.75) is 0 Å². The third-order valence-corrected chi connectivity index (χ3v) is 10.4. The second-order valence-corrected chi connectivity index (χ2v) is 13.6. The molecule has 0 saturated heterocycles. The standard InChI is InChI=1S/C49H29N3O/c1-4-13-33-26-37(23-20-30(33)10-1)44-40-17-8-7-16-36(40)29-42-45-41(18-9-19-43(45)53-46(42)44)49-51-47(38-24-21-31-11-2-5-14-34(31)27-38)50-48(52-49)39-25-22-32-12-3-6-15-35(32)28-39/h1-29H. The molecule has 0 N–H and O–H groups in total. The molecule has 11 rings (SSSR count). The molecule has 0 aliphatic rings. The van der Waals surface area contributed by atoms with Crippen LogP contribution >= 0.6 is 0 Å². The minimum atomic E-state index is 0.597. The van der Waals surface area contributed by atoms with Crippen LogP contribution in [0.3, 0.4) is 0 Å². The Morgan fingerprint density at radius 1 is 0.340 bits per heavy atom. The molecule has 9 aromatic carbocycles. The Hall–Kier alpha value is -7.17. The second-order valence-electron chi connectivity index (χ2n) is 13.6. The average molecular weight is 676 g/mol. The van der Waals surface area contributed by atoms with Gasteiger partial charge in [-0.3, -0.25) is 0 Å². The second kappa shape index (κ2) is 11.7. The number of benzene rings is 9. The first-order chi connectivity index (χ1) is 26.2. The maximum absolute atomic E-state index is 6.88. The van der Waals surface area contributed by atoms with Crippen molar-refractivity contribution < 1.29 is 4.42 Å². The Bertz CT molecular complexity index is 3150. The highest BCUT2D eigenvalue weighted by molar-refractivity contribution is 6.21. The lowest BCUT2D eigenvalue weighted by Crippen LogP contribution is -2.00. The van der Waals surface area contributed by atoms with Crippen molar-refractivity contribution in [2.75, 3.05) is 0 Å². The number of aromatic nitrogens is 3. The van der Waals surface area contributed by atoms with Gasteiger partial charge in [-0.15, -0.1) is 0 Å². The molecule has 0 aliphatic heterocycles. The summed E-state index contributed by atoms with van der Waals surface area (Å²) < 4.78 is 6.88. The highest BCUT2D eigenvalue weighted by atomic mass is 16.3. The Balaban J connectivity index is 1.19. The van der Waals surface area contributed by atoms with Crippen LogP contribution in [0.15, 0.2) is 180 Å². The molecule has 4 nitrogen and oxygen atoms in total. The van der Waals surface area contributed by atoms with Crippen molar-refractivity contribution in [2.24, 2.45) is 0 Å². The van der Waals surface area contributed by atoms with Gasteiger partial charge in [-0.1, -0.05) is 146 Å². The summed E-state index contributed by atoms with van der Waals surface area (Å²) in [5, 5.41) is 11.3. The van der Waals surface area contributed by atoms with Crippen LogP contribution in [0.2, 0.25) is 0 Å². The molecule has 0 atom stereocenters. The highest BCUT2D eigenvalue weighted by Crippen LogP contribution is 2.44. The summed E-state index contributed by atoms with van der Waals surface area (Å²) in [6.07, 6.45) is 0. The average Bonchev–Trinajstić information content (AvgIpc) is 3.60. The summed E-state index contributed by atoms with van der Waals surface area (Å²) in [4.78, 5) is 15.6. The van der Waals surface area contributed by atoms with Crippen molar-refractivity contribution in [1.82, 2.24) is 15.0 Å². The number of fused-ring (bicyclic) bond motifs is 7. The van der Waals surface area contributed by atoms with Gasteiger partial charge in [-0.2, -0.15) is 0 Å². The van der Waals surface area contributed by atoms with Gasteiger partial charge in [0, 0.05) is 33.0 Å². The fourth-order valence-electron chi connectivity index (χ4n) is 7.85. The van der Waals surface area contributed by atoms with Gasteiger partial charge in [0.1, 0.15) is 11.2 Å². The topological polar surface area (TPSA) is 51.8 Å². The third kappa shape index (κ3) is 4.88. The van der Waals surface area contributed by atoms with E-state index in [0.717, 1.165) is 71.3 Å². The van der Waals surface area contributed by atoms with E-state index in [1.54, 1.807) is 0 Å². The first-order valence-electron chi connectivity index (χ1n) is 17.8. The molecule has 0 radical (unpaired) electrons. The smallest absolute Gasteiger partial charge is 0.164 e. The van der Waals surface area contributed by atoms with Crippen LogP contribution in [0.25, 0.3) is 110 Å². The highest BCUT2D eigenvalue weighted by Gasteiger charge is 2.22. The molecule has 0 saturated carbocycles. The zero-order chi connectivity index (χ0) is 34.9. The molecule has 11 aromatic rings. The van der Waals surface area contributed by atoms with Crippen LogP contribution in [0, 0.1) is 0 Å². The maximum atomic E-state index is 6.88. The molecule has 0 aliphatic carbocycles. The van der Waals surface area contributed by atoms with Crippen molar-refractivity contribution in [1.29, 1.82) is 0 Å². The van der Waals surface area contributed by atoms with E-state index in [1.165, 1.54) is 21.5 Å². The first kappa shape index (κ1) is 29.5. The normalized spacial score (nSPS) is 11.8. The van der Waals surface area contributed by atoms with E-state index in [9.17, 15) is 0 Å². The van der Waals surface area contributed by atoms with E-state index in [-0.39, 0.29) is 0 Å². The zero-order valence-corrected chi connectivity index (χ0v) is 28.5.